The first kappa shape index (κ1) is 19.6. The van der Waals surface area contributed by atoms with E-state index < -0.39 is 0 Å². The van der Waals surface area contributed by atoms with E-state index in [1.165, 1.54) is 12.1 Å². The van der Waals surface area contributed by atoms with E-state index in [0.717, 1.165) is 32.7 Å². The zero-order chi connectivity index (χ0) is 20.5. The molecular formula is C23H25FN2O3. The highest BCUT2D eigenvalue weighted by Gasteiger charge is 2.34. The average molecular weight is 396 g/mol. The summed E-state index contributed by atoms with van der Waals surface area (Å²) in [6.45, 7) is 9.25. The summed E-state index contributed by atoms with van der Waals surface area (Å²) in [7, 11) is 0. The predicted octanol–water partition coefficient (Wildman–Crippen LogP) is 3.59. The molecule has 2 aliphatic rings. The molecule has 2 aromatic carbocycles. The lowest BCUT2D eigenvalue weighted by Gasteiger charge is -2.34. The van der Waals surface area contributed by atoms with Crippen LogP contribution in [-0.4, -0.2) is 53.4 Å². The van der Waals surface area contributed by atoms with Crippen LogP contribution in [0.2, 0.25) is 0 Å². The number of ether oxygens (including phenoxy) is 1. The zero-order valence-electron chi connectivity index (χ0n) is 16.7. The van der Waals surface area contributed by atoms with Crippen LogP contribution in [0.25, 0.3) is 6.08 Å². The van der Waals surface area contributed by atoms with Crippen LogP contribution in [0.15, 0.2) is 36.1 Å². The number of aryl methyl sites for hydroxylation is 1. The first-order valence-electron chi connectivity index (χ1n) is 9.96. The van der Waals surface area contributed by atoms with Crippen molar-refractivity contribution in [3.05, 3.63) is 64.2 Å². The summed E-state index contributed by atoms with van der Waals surface area (Å²) in [6, 6.07) is 7.64. The number of benzene rings is 2. The normalized spacial score (nSPS) is 18.9. The summed E-state index contributed by atoms with van der Waals surface area (Å²) < 4.78 is 19.4. The topological polar surface area (TPSA) is 53.0 Å². The molecule has 0 bridgehead atoms. The molecule has 0 aromatic heterocycles. The minimum atomic E-state index is -0.372. The first-order valence-corrected chi connectivity index (χ1v) is 9.96. The van der Waals surface area contributed by atoms with Gasteiger partial charge in [0.15, 0.2) is 5.76 Å². The van der Waals surface area contributed by atoms with Crippen molar-refractivity contribution in [2.75, 3.05) is 32.7 Å². The van der Waals surface area contributed by atoms with Crippen LogP contribution in [0.3, 0.4) is 0 Å². The Hall–Kier alpha value is -2.70. The molecule has 0 amide bonds. The largest absolute Gasteiger partial charge is 0.507 e. The van der Waals surface area contributed by atoms with E-state index in [0.29, 0.717) is 34.5 Å². The summed E-state index contributed by atoms with van der Waals surface area (Å²) in [5.74, 6) is 0.102. The summed E-state index contributed by atoms with van der Waals surface area (Å²) in [4.78, 5) is 17.6. The molecule has 4 rings (SSSR count). The van der Waals surface area contributed by atoms with Gasteiger partial charge in [0.05, 0.1) is 11.1 Å². The number of carbonyl (C=O) groups excluding carboxylic acids is 1. The van der Waals surface area contributed by atoms with Gasteiger partial charge in [-0.25, -0.2) is 4.39 Å². The number of fused-ring (bicyclic) bond motifs is 1. The number of nitrogens with zero attached hydrogens (tertiary/aromatic N) is 2. The van der Waals surface area contributed by atoms with Crippen molar-refractivity contribution in [1.82, 2.24) is 9.80 Å². The lowest BCUT2D eigenvalue weighted by Crippen LogP contribution is -2.45. The van der Waals surface area contributed by atoms with E-state index in [9.17, 15) is 14.3 Å². The highest BCUT2D eigenvalue weighted by Crippen LogP contribution is 2.42. The first-order chi connectivity index (χ1) is 14.0. The molecule has 0 spiro atoms. The number of aromatic hydroxyl groups is 1. The standard InChI is InChI=1S/C23H25FN2O3/c1-3-25-7-9-26(10-8-25)14-18-19(27)11-15(2)21-22(28)20(29-23(18)21)13-16-5-4-6-17(24)12-16/h4-6,11-13,27H,3,7-10,14H2,1-2H3/b20-13-. The third-order valence-corrected chi connectivity index (χ3v) is 5.66. The Morgan fingerprint density at radius 1 is 1.17 bits per heavy atom. The molecule has 0 radical (unpaired) electrons. The minimum absolute atomic E-state index is 0.138. The van der Waals surface area contributed by atoms with Crippen molar-refractivity contribution < 1.29 is 19.0 Å². The number of likely N-dealkylation sites (N-methyl/N-ethyl adjacent to an activating group) is 1. The van der Waals surface area contributed by atoms with Crippen molar-refractivity contribution in [3.8, 4) is 11.5 Å². The van der Waals surface area contributed by atoms with Gasteiger partial charge in [-0.15, -0.1) is 0 Å². The van der Waals surface area contributed by atoms with Gasteiger partial charge >= 0.3 is 0 Å². The van der Waals surface area contributed by atoms with Crippen LogP contribution in [0.4, 0.5) is 4.39 Å². The molecule has 2 aromatic rings. The van der Waals surface area contributed by atoms with E-state index in [1.54, 1.807) is 31.2 Å². The fourth-order valence-electron chi connectivity index (χ4n) is 3.97. The monoisotopic (exact) mass is 396 g/mol. The van der Waals surface area contributed by atoms with Crippen LogP contribution in [0, 0.1) is 12.7 Å². The third kappa shape index (κ3) is 3.91. The van der Waals surface area contributed by atoms with Crippen molar-refractivity contribution in [2.24, 2.45) is 0 Å². The van der Waals surface area contributed by atoms with Crippen LogP contribution < -0.4 is 4.74 Å². The van der Waals surface area contributed by atoms with Gasteiger partial charge in [-0.1, -0.05) is 19.1 Å². The molecule has 2 heterocycles. The summed E-state index contributed by atoms with van der Waals surface area (Å²) in [6.07, 6.45) is 1.55. The van der Waals surface area contributed by atoms with Crippen molar-refractivity contribution in [3.63, 3.8) is 0 Å². The smallest absolute Gasteiger partial charge is 0.232 e. The molecule has 0 atom stereocenters. The summed E-state index contributed by atoms with van der Waals surface area (Å²) in [5.41, 5.74) is 2.34. The Labute approximate surface area is 170 Å². The van der Waals surface area contributed by atoms with Gasteiger partial charge in [0.1, 0.15) is 17.3 Å². The Morgan fingerprint density at radius 2 is 1.90 bits per heavy atom. The number of hydrogen-bond donors (Lipinski definition) is 1. The maximum Gasteiger partial charge on any atom is 0.232 e. The van der Waals surface area contributed by atoms with E-state index in [1.807, 2.05) is 0 Å². The van der Waals surface area contributed by atoms with Gasteiger partial charge in [0, 0.05) is 32.7 Å². The van der Waals surface area contributed by atoms with Gasteiger partial charge in [0.2, 0.25) is 5.78 Å². The fraction of sp³-hybridized carbons (Fsp3) is 0.348. The number of rotatable bonds is 4. The van der Waals surface area contributed by atoms with E-state index in [4.69, 9.17) is 4.74 Å². The number of carbonyl (C=O) groups is 1. The number of ketones is 1. The second-order valence-corrected chi connectivity index (χ2v) is 7.60. The lowest BCUT2D eigenvalue weighted by atomic mass is 9.99. The van der Waals surface area contributed by atoms with Crippen LogP contribution >= 0.6 is 0 Å². The quantitative estimate of drug-likeness (QED) is 0.801. The molecule has 5 nitrogen and oxygen atoms in total. The van der Waals surface area contributed by atoms with Crippen molar-refractivity contribution >= 4 is 11.9 Å². The number of Topliss-reactive ketones (excluding diaryl/α,β-unsaturated/α-hetero) is 1. The second kappa shape index (κ2) is 7.97. The Bertz CT molecular complexity index is 978. The molecule has 1 fully saturated rings. The SMILES string of the molecule is CCN1CCN(Cc2c(O)cc(C)c3c2O/C(=C\c2cccc(F)c2)C3=O)CC1. The van der Waals surface area contributed by atoms with Crippen LogP contribution in [0.1, 0.15) is 34.0 Å². The van der Waals surface area contributed by atoms with Crippen LogP contribution in [-0.2, 0) is 6.54 Å². The number of hydrogen-bond acceptors (Lipinski definition) is 5. The molecule has 1 saturated heterocycles. The number of phenols is 1. The van der Waals surface area contributed by atoms with E-state index in [-0.39, 0.29) is 23.1 Å². The molecule has 2 aliphatic heterocycles. The minimum Gasteiger partial charge on any atom is -0.507 e. The Balaban J connectivity index is 1.64. The highest BCUT2D eigenvalue weighted by atomic mass is 19.1. The van der Waals surface area contributed by atoms with Crippen LogP contribution in [0.5, 0.6) is 11.5 Å². The van der Waals surface area contributed by atoms with Crippen molar-refractivity contribution in [1.29, 1.82) is 0 Å². The number of phenolic OH excluding ortho intramolecular Hbond substituents is 1. The lowest BCUT2D eigenvalue weighted by molar-refractivity contribution is 0.101. The van der Waals surface area contributed by atoms with Gasteiger partial charge in [-0.05, 0) is 48.9 Å². The average Bonchev–Trinajstić information content (AvgIpc) is 3.02. The van der Waals surface area contributed by atoms with Gasteiger partial charge in [0.25, 0.3) is 0 Å². The molecule has 29 heavy (non-hydrogen) atoms. The summed E-state index contributed by atoms with van der Waals surface area (Å²) >= 11 is 0. The Morgan fingerprint density at radius 3 is 2.59 bits per heavy atom. The maximum atomic E-state index is 13.5. The second-order valence-electron chi connectivity index (χ2n) is 7.60. The molecule has 0 unspecified atom stereocenters. The molecular weight excluding hydrogens is 371 g/mol. The fourth-order valence-corrected chi connectivity index (χ4v) is 3.97. The Kier molecular flexibility index (Phi) is 5.39. The van der Waals surface area contributed by atoms with E-state index in [2.05, 4.69) is 16.7 Å². The van der Waals surface area contributed by atoms with Crippen molar-refractivity contribution in [2.45, 2.75) is 20.4 Å². The van der Waals surface area contributed by atoms with Gasteiger partial charge < -0.3 is 14.7 Å². The zero-order valence-corrected chi connectivity index (χ0v) is 16.7. The number of halogens is 1. The summed E-state index contributed by atoms with van der Waals surface area (Å²) in [5, 5.41) is 10.6. The van der Waals surface area contributed by atoms with E-state index >= 15 is 0 Å². The maximum absolute atomic E-state index is 13.5. The molecule has 152 valence electrons. The predicted molar refractivity (Wildman–Crippen MR) is 110 cm³/mol. The van der Waals surface area contributed by atoms with Gasteiger partial charge in [-0.3, -0.25) is 9.69 Å². The molecule has 1 N–H and O–H groups in total. The highest BCUT2D eigenvalue weighted by molar-refractivity contribution is 6.15. The third-order valence-electron chi connectivity index (χ3n) is 5.66. The molecule has 6 heteroatoms. The number of piperazine rings is 1. The van der Waals surface area contributed by atoms with Gasteiger partial charge in [-0.2, -0.15) is 0 Å². The molecule has 0 aliphatic carbocycles. The molecule has 0 saturated carbocycles. The number of allylic oxidation sites excluding steroid dienone is 1.